The molecule has 5 aromatic rings. The van der Waals surface area contributed by atoms with Crippen LogP contribution in [0.25, 0.3) is 11.4 Å². The SMILES string of the molecule is COc1ccc(CN(Cc2ccc(OC)cc2)S(=O)(=O)c2c(S(=O)(=O)CC3(NC(=O)OC(C)(C)C)CC3)ccc(I)c2-c2nnn(Cc3ccc(OC)cc3)n2)cc1. The average Bonchev–Trinajstić information content (AvgIpc) is 3.75. The predicted molar refractivity (Wildman–Crippen MR) is 224 cm³/mol. The van der Waals surface area contributed by atoms with Crippen molar-refractivity contribution >= 4 is 48.5 Å². The lowest BCUT2D eigenvalue weighted by atomic mass is 10.2. The Bertz CT molecular complexity index is 2420. The molecule has 0 unspecified atom stereocenters. The highest BCUT2D eigenvalue weighted by atomic mass is 127. The molecular formula is C40H45IN6O9S2. The normalized spacial score (nSPS) is 13.9. The van der Waals surface area contributed by atoms with E-state index in [1.165, 1.54) is 35.5 Å². The van der Waals surface area contributed by atoms with E-state index in [0.29, 0.717) is 44.8 Å². The number of rotatable bonds is 16. The highest BCUT2D eigenvalue weighted by Gasteiger charge is 2.50. The zero-order valence-electron chi connectivity index (χ0n) is 32.9. The van der Waals surface area contributed by atoms with Crippen molar-refractivity contribution in [3.8, 4) is 28.6 Å². The van der Waals surface area contributed by atoms with Gasteiger partial charge in [0.15, 0.2) is 9.84 Å². The molecule has 58 heavy (non-hydrogen) atoms. The number of benzene rings is 4. The summed E-state index contributed by atoms with van der Waals surface area (Å²) in [5, 5.41) is 15.8. The fourth-order valence-electron chi connectivity index (χ4n) is 6.20. The molecule has 0 spiro atoms. The van der Waals surface area contributed by atoms with Crippen molar-refractivity contribution in [2.75, 3.05) is 27.1 Å². The smallest absolute Gasteiger partial charge is 0.408 e. The fourth-order valence-corrected chi connectivity index (χ4v) is 11.3. The molecule has 0 saturated heterocycles. The Morgan fingerprint density at radius 3 is 1.76 bits per heavy atom. The van der Waals surface area contributed by atoms with Crippen molar-refractivity contribution in [3.05, 3.63) is 105 Å². The van der Waals surface area contributed by atoms with Crippen LogP contribution in [-0.4, -0.2) is 85.7 Å². The maximum atomic E-state index is 15.5. The van der Waals surface area contributed by atoms with Crippen molar-refractivity contribution in [2.45, 2.75) is 74.2 Å². The third-order valence-corrected chi connectivity index (χ3v) is 14.1. The first-order valence-electron chi connectivity index (χ1n) is 18.2. The van der Waals surface area contributed by atoms with Gasteiger partial charge in [-0.2, -0.15) is 9.10 Å². The number of carbonyl (C=O) groups is 1. The van der Waals surface area contributed by atoms with Gasteiger partial charge in [0.2, 0.25) is 15.8 Å². The maximum absolute atomic E-state index is 15.5. The lowest BCUT2D eigenvalue weighted by molar-refractivity contribution is 0.0502. The van der Waals surface area contributed by atoms with Crippen molar-refractivity contribution in [1.29, 1.82) is 0 Å². The van der Waals surface area contributed by atoms with Gasteiger partial charge in [0.25, 0.3) is 0 Å². The van der Waals surface area contributed by atoms with Gasteiger partial charge in [-0.15, -0.1) is 10.2 Å². The molecule has 15 nitrogen and oxygen atoms in total. The van der Waals surface area contributed by atoms with Gasteiger partial charge in [-0.25, -0.2) is 21.6 Å². The van der Waals surface area contributed by atoms with Crippen LogP contribution in [0.3, 0.4) is 0 Å². The average molecular weight is 945 g/mol. The lowest BCUT2D eigenvalue weighted by Gasteiger charge is -2.26. The van der Waals surface area contributed by atoms with Gasteiger partial charge in [0, 0.05) is 16.7 Å². The summed E-state index contributed by atoms with van der Waals surface area (Å²) in [6, 6.07) is 23.9. The zero-order valence-corrected chi connectivity index (χ0v) is 36.7. The van der Waals surface area contributed by atoms with Gasteiger partial charge in [-0.05, 0) is 127 Å². The number of hydrogen-bond acceptors (Lipinski definition) is 12. The first-order chi connectivity index (χ1) is 27.4. The summed E-state index contributed by atoms with van der Waals surface area (Å²) in [5.74, 6) is 1.17. The molecular weight excluding hydrogens is 900 g/mol. The molecule has 1 aliphatic carbocycles. The van der Waals surface area contributed by atoms with E-state index in [1.807, 2.05) is 34.7 Å². The molecule has 0 radical (unpaired) electrons. The Hall–Kier alpha value is -4.79. The summed E-state index contributed by atoms with van der Waals surface area (Å²) in [7, 11) is -4.56. The molecule has 1 saturated carbocycles. The minimum atomic E-state index is -4.74. The quantitative estimate of drug-likeness (QED) is 0.110. The molecule has 1 N–H and O–H groups in total. The summed E-state index contributed by atoms with van der Waals surface area (Å²) in [6.45, 7) is 5.04. The zero-order chi connectivity index (χ0) is 41.9. The number of aromatic nitrogens is 4. The third kappa shape index (κ3) is 10.3. The van der Waals surface area contributed by atoms with Crippen LogP contribution in [-0.2, 0) is 44.2 Å². The van der Waals surface area contributed by atoms with Gasteiger partial charge in [0.05, 0.1) is 49.6 Å². The first-order valence-corrected chi connectivity index (χ1v) is 22.3. The van der Waals surface area contributed by atoms with Gasteiger partial charge in [-0.1, -0.05) is 36.4 Å². The molecule has 308 valence electrons. The van der Waals surface area contributed by atoms with E-state index in [1.54, 1.807) is 88.5 Å². The number of hydrogen-bond donors (Lipinski definition) is 1. The first kappa shape index (κ1) is 42.8. The molecule has 6 rings (SSSR count). The van der Waals surface area contributed by atoms with Gasteiger partial charge in [-0.3, -0.25) is 0 Å². The summed E-state index contributed by atoms with van der Waals surface area (Å²) in [4.78, 5) is 13.2. The summed E-state index contributed by atoms with van der Waals surface area (Å²) in [5.41, 5.74) is 0.0632. The number of ether oxygens (including phenoxy) is 4. The van der Waals surface area contributed by atoms with E-state index >= 15 is 8.42 Å². The summed E-state index contributed by atoms with van der Waals surface area (Å²) in [6.07, 6.45) is -0.0561. The largest absolute Gasteiger partial charge is 0.497 e. The number of halogens is 1. The molecule has 0 bridgehead atoms. The Balaban J connectivity index is 1.49. The van der Waals surface area contributed by atoms with Crippen LogP contribution in [0.1, 0.15) is 50.3 Å². The number of nitrogens with zero attached hydrogens (tertiary/aromatic N) is 5. The van der Waals surface area contributed by atoms with E-state index in [2.05, 4.69) is 20.7 Å². The molecule has 1 aromatic heterocycles. The van der Waals surface area contributed by atoms with Crippen molar-refractivity contribution < 1.29 is 40.6 Å². The summed E-state index contributed by atoms with van der Waals surface area (Å²) >= 11 is 1.96. The van der Waals surface area contributed by atoms with E-state index < -0.39 is 52.6 Å². The highest BCUT2D eigenvalue weighted by Crippen LogP contribution is 2.42. The van der Waals surface area contributed by atoms with E-state index in [-0.39, 0.29) is 31.0 Å². The topological polar surface area (TPSA) is 181 Å². The molecule has 1 aliphatic rings. The molecule has 4 aromatic carbocycles. The number of sulfonamides is 1. The number of amides is 1. The van der Waals surface area contributed by atoms with Gasteiger partial charge >= 0.3 is 6.09 Å². The molecule has 0 aliphatic heterocycles. The van der Waals surface area contributed by atoms with Crippen molar-refractivity contribution in [1.82, 2.24) is 29.8 Å². The number of methoxy groups -OCH3 is 3. The molecule has 18 heteroatoms. The van der Waals surface area contributed by atoms with Crippen LogP contribution in [0, 0.1) is 3.57 Å². The second-order valence-corrected chi connectivity index (χ2v) is 19.9. The molecule has 1 heterocycles. The lowest BCUT2D eigenvalue weighted by Crippen LogP contribution is -2.44. The van der Waals surface area contributed by atoms with Crippen LogP contribution in [0.4, 0.5) is 4.79 Å². The van der Waals surface area contributed by atoms with Crippen LogP contribution >= 0.6 is 22.6 Å². The third-order valence-electron chi connectivity index (χ3n) is 9.29. The highest BCUT2D eigenvalue weighted by molar-refractivity contribution is 14.1. The monoisotopic (exact) mass is 944 g/mol. The Morgan fingerprint density at radius 1 is 0.793 bits per heavy atom. The number of carbonyl (C=O) groups excluding carboxylic acids is 1. The number of sulfone groups is 1. The summed E-state index contributed by atoms with van der Waals surface area (Å²) < 4.78 is 83.4. The maximum Gasteiger partial charge on any atom is 0.408 e. The number of nitrogens with one attached hydrogen (secondary N) is 1. The number of alkyl carbamates (subject to hydrolysis) is 1. The van der Waals surface area contributed by atoms with Crippen LogP contribution in [0.2, 0.25) is 0 Å². The van der Waals surface area contributed by atoms with E-state index in [4.69, 9.17) is 18.9 Å². The van der Waals surface area contributed by atoms with Gasteiger partial charge in [0.1, 0.15) is 27.7 Å². The fraction of sp³-hybridized carbons (Fsp3) is 0.350. The van der Waals surface area contributed by atoms with Crippen molar-refractivity contribution in [3.63, 3.8) is 0 Å². The second kappa shape index (κ2) is 17.2. The van der Waals surface area contributed by atoms with Crippen LogP contribution < -0.4 is 19.5 Å². The molecule has 1 amide bonds. The Kier molecular flexibility index (Phi) is 12.7. The second-order valence-electron chi connectivity index (χ2n) is 14.9. The minimum Gasteiger partial charge on any atom is -0.497 e. The van der Waals surface area contributed by atoms with Crippen LogP contribution in [0.5, 0.6) is 17.2 Å². The Labute approximate surface area is 352 Å². The standard InChI is InChI=1S/C40H45IN6O9S2/c1-39(2,3)56-38(48)42-40(21-22-40)26-57(49,50)34-20-19-33(41)35(37-43-45-47(44-37)25-29-11-17-32(55-6)18-12-29)36(34)58(51,52)46(23-27-7-13-30(53-4)14-8-27)24-28-9-15-31(54-5)16-10-28/h7-20H,21-26H2,1-6H3,(H,42,48). The predicted octanol–water partition coefficient (Wildman–Crippen LogP) is 6.24. The molecule has 0 atom stereocenters. The molecule has 1 fully saturated rings. The van der Waals surface area contributed by atoms with Gasteiger partial charge < -0.3 is 24.3 Å². The minimum absolute atomic E-state index is 0.0259. The van der Waals surface area contributed by atoms with Crippen LogP contribution in [0.15, 0.2) is 94.7 Å². The van der Waals surface area contributed by atoms with E-state index in [9.17, 15) is 13.2 Å². The number of tetrazole rings is 1. The van der Waals surface area contributed by atoms with E-state index in [0.717, 1.165) is 5.56 Å². The van der Waals surface area contributed by atoms with Crippen molar-refractivity contribution in [2.24, 2.45) is 0 Å². The Morgan fingerprint density at radius 2 is 1.29 bits per heavy atom.